The lowest BCUT2D eigenvalue weighted by Crippen LogP contribution is -2.29. The molecule has 5 atom stereocenters. The Bertz CT molecular complexity index is 1540. The fourth-order valence-corrected chi connectivity index (χ4v) is 10.5. The van der Waals surface area contributed by atoms with E-state index in [1.807, 2.05) is 5.57 Å². The highest BCUT2D eigenvalue weighted by atomic mass is 14.6. The quantitative estimate of drug-likeness (QED) is 0.314. The van der Waals surface area contributed by atoms with Crippen molar-refractivity contribution < 1.29 is 0 Å². The summed E-state index contributed by atoms with van der Waals surface area (Å²) in [5.41, 5.74) is 17.9. The molecule has 0 aliphatic heterocycles. The molecule has 5 aliphatic carbocycles. The second-order valence-corrected chi connectivity index (χ2v) is 18.6. The molecular formula is C43H56. The zero-order valence-electron chi connectivity index (χ0n) is 29.3. The molecule has 0 amide bonds. The Morgan fingerprint density at radius 2 is 1.26 bits per heavy atom. The van der Waals surface area contributed by atoms with Crippen molar-refractivity contribution >= 4 is 0 Å². The first-order valence-corrected chi connectivity index (χ1v) is 17.3. The Morgan fingerprint density at radius 1 is 0.698 bits per heavy atom. The molecule has 1 saturated carbocycles. The largest absolute Gasteiger partial charge is 0.0851 e. The van der Waals surface area contributed by atoms with Crippen LogP contribution in [0.1, 0.15) is 134 Å². The fourth-order valence-electron chi connectivity index (χ4n) is 10.5. The number of aryl methyl sites for hydroxylation is 2. The molecule has 2 aromatic rings. The summed E-state index contributed by atoms with van der Waals surface area (Å²) in [6.45, 7) is 29.0. The number of rotatable bonds is 2. The molecule has 5 unspecified atom stereocenters. The molecule has 0 heterocycles. The molecule has 1 fully saturated rings. The number of hydrogen-bond donors (Lipinski definition) is 0. The Hall–Kier alpha value is -2.34. The van der Waals surface area contributed by atoms with Gasteiger partial charge in [-0.05, 0) is 130 Å². The zero-order valence-corrected chi connectivity index (χ0v) is 29.3. The Kier molecular flexibility index (Phi) is 6.22. The highest BCUT2D eigenvalue weighted by Crippen LogP contribution is 2.68. The van der Waals surface area contributed by atoms with Gasteiger partial charge in [0.2, 0.25) is 0 Å². The van der Waals surface area contributed by atoms with Crippen LogP contribution in [-0.4, -0.2) is 0 Å². The van der Waals surface area contributed by atoms with Gasteiger partial charge in [-0.1, -0.05) is 123 Å². The molecule has 43 heavy (non-hydrogen) atoms. The van der Waals surface area contributed by atoms with Crippen molar-refractivity contribution in [2.45, 2.75) is 126 Å². The van der Waals surface area contributed by atoms with Gasteiger partial charge in [-0.25, -0.2) is 0 Å². The maximum absolute atomic E-state index is 2.71. The Balaban J connectivity index is 1.45. The van der Waals surface area contributed by atoms with Crippen LogP contribution in [0.5, 0.6) is 0 Å². The fraction of sp³-hybridized carbons (Fsp3) is 0.581. The molecule has 228 valence electrons. The van der Waals surface area contributed by atoms with Crippen molar-refractivity contribution in [2.24, 2.45) is 34.5 Å². The van der Waals surface area contributed by atoms with E-state index in [-0.39, 0.29) is 21.7 Å². The third-order valence-corrected chi connectivity index (χ3v) is 12.5. The van der Waals surface area contributed by atoms with Gasteiger partial charge in [0.05, 0.1) is 0 Å². The monoisotopic (exact) mass is 572 g/mol. The summed E-state index contributed by atoms with van der Waals surface area (Å²) in [7, 11) is 0. The van der Waals surface area contributed by atoms with E-state index < -0.39 is 0 Å². The summed E-state index contributed by atoms with van der Waals surface area (Å²) >= 11 is 0. The smallest absolute Gasteiger partial charge is 0.0196 e. The van der Waals surface area contributed by atoms with Crippen LogP contribution in [0.15, 0.2) is 59.2 Å². The highest BCUT2D eigenvalue weighted by Gasteiger charge is 2.55. The van der Waals surface area contributed by atoms with E-state index in [9.17, 15) is 0 Å². The molecule has 5 aliphatic rings. The first kappa shape index (κ1) is 29.4. The first-order chi connectivity index (χ1) is 19.9. The molecule has 0 aromatic heterocycles. The molecule has 0 radical (unpaired) electrons. The summed E-state index contributed by atoms with van der Waals surface area (Å²) in [4.78, 5) is 0. The van der Waals surface area contributed by atoms with Crippen LogP contribution in [0.2, 0.25) is 0 Å². The van der Waals surface area contributed by atoms with E-state index in [1.165, 1.54) is 59.1 Å². The predicted octanol–water partition coefficient (Wildman–Crippen LogP) is 11.9. The van der Waals surface area contributed by atoms with E-state index >= 15 is 0 Å². The minimum Gasteiger partial charge on any atom is -0.0851 e. The lowest BCUT2D eigenvalue weighted by molar-refractivity contribution is 0.242. The molecule has 2 bridgehead atoms. The van der Waals surface area contributed by atoms with Crippen molar-refractivity contribution in [3.63, 3.8) is 0 Å². The molecular weight excluding hydrogens is 516 g/mol. The zero-order chi connectivity index (χ0) is 31.0. The second-order valence-electron chi connectivity index (χ2n) is 18.6. The lowest BCUT2D eigenvalue weighted by atomic mass is 9.65. The van der Waals surface area contributed by atoms with Crippen molar-refractivity contribution in [2.75, 3.05) is 0 Å². The minimum atomic E-state index is 0.101. The predicted molar refractivity (Wildman–Crippen MR) is 185 cm³/mol. The van der Waals surface area contributed by atoms with Crippen LogP contribution in [-0.2, 0) is 10.8 Å². The van der Waals surface area contributed by atoms with E-state index in [4.69, 9.17) is 0 Å². The van der Waals surface area contributed by atoms with Crippen molar-refractivity contribution in [3.05, 3.63) is 92.6 Å². The summed E-state index contributed by atoms with van der Waals surface area (Å²) in [5, 5.41) is 0. The third kappa shape index (κ3) is 4.35. The maximum Gasteiger partial charge on any atom is 0.0196 e. The standard InChI is InChI=1S/C43H56/c1-24-15-33-30(21-36(24)41(6,7)8)31-22-37(42(9,10)11)25(2)16-34(31)39(33)43(12)23-35(29-18-26-13-14-27(29)17-26)32-19-28(20-38(32)43)40(3,4)5/h13-16,20-22,26-27,29,35,39H,17-19,23H2,1-12H3. The number of hydrogen-bond acceptors (Lipinski definition) is 0. The van der Waals surface area contributed by atoms with Gasteiger partial charge in [-0.2, -0.15) is 0 Å². The molecule has 0 heteroatoms. The normalized spacial score (nSPS) is 29.9. The molecule has 0 saturated heterocycles. The summed E-state index contributed by atoms with van der Waals surface area (Å²) in [6, 6.07) is 10.4. The maximum atomic E-state index is 2.71. The summed E-state index contributed by atoms with van der Waals surface area (Å²) in [6.07, 6.45) is 13.2. The van der Waals surface area contributed by atoms with E-state index in [2.05, 4.69) is 126 Å². The van der Waals surface area contributed by atoms with Gasteiger partial charge in [-0.15, -0.1) is 0 Å². The van der Waals surface area contributed by atoms with Gasteiger partial charge in [-0.3, -0.25) is 0 Å². The van der Waals surface area contributed by atoms with Gasteiger partial charge >= 0.3 is 0 Å². The minimum absolute atomic E-state index is 0.101. The van der Waals surface area contributed by atoms with Crippen LogP contribution in [0.3, 0.4) is 0 Å². The molecule has 0 nitrogen and oxygen atoms in total. The third-order valence-electron chi connectivity index (χ3n) is 12.5. The summed E-state index contributed by atoms with van der Waals surface area (Å²) in [5.74, 6) is 3.56. The molecule has 0 N–H and O–H groups in total. The van der Waals surface area contributed by atoms with Gasteiger partial charge in [0.1, 0.15) is 0 Å². The number of benzene rings is 2. The SMILES string of the molecule is Cc1cc2c(cc1C(C)(C)C)-c1cc(C(C)(C)C)c(C)cc1C2C1(C)CC(C2CC3C=CC2C3)C2=C1C=C(C(C)(C)C)C2. The molecule has 2 aromatic carbocycles. The van der Waals surface area contributed by atoms with Gasteiger partial charge in [0.25, 0.3) is 0 Å². The lowest BCUT2D eigenvalue weighted by Gasteiger charge is -2.38. The molecule has 0 spiro atoms. The van der Waals surface area contributed by atoms with Crippen LogP contribution in [0, 0.1) is 48.3 Å². The van der Waals surface area contributed by atoms with E-state index in [0.29, 0.717) is 11.8 Å². The average molecular weight is 573 g/mol. The summed E-state index contributed by atoms with van der Waals surface area (Å²) < 4.78 is 0. The van der Waals surface area contributed by atoms with Crippen LogP contribution in [0.4, 0.5) is 0 Å². The van der Waals surface area contributed by atoms with Crippen molar-refractivity contribution in [1.29, 1.82) is 0 Å². The highest BCUT2D eigenvalue weighted by molar-refractivity contribution is 5.82. The van der Waals surface area contributed by atoms with Crippen LogP contribution < -0.4 is 0 Å². The van der Waals surface area contributed by atoms with Crippen LogP contribution >= 0.6 is 0 Å². The number of fused-ring (bicyclic) bond motifs is 5. The topological polar surface area (TPSA) is 0 Å². The Morgan fingerprint density at radius 3 is 1.70 bits per heavy atom. The Labute approximate surface area is 263 Å². The van der Waals surface area contributed by atoms with E-state index in [0.717, 1.165) is 17.8 Å². The van der Waals surface area contributed by atoms with Crippen molar-refractivity contribution in [1.82, 2.24) is 0 Å². The number of allylic oxidation sites excluding steroid dienone is 6. The average Bonchev–Trinajstić information content (AvgIpc) is 3.68. The van der Waals surface area contributed by atoms with Gasteiger partial charge in [0, 0.05) is 11.3 Å². The van der Waals surface area contributed by atoms with E-state index in [1.54, 1.807) is 22.3 Å². The van der Waals surface area contributed by atoms with Crippen LogP contribution in [0.25, 0.3) is 11.1 Å². The van der Waals surface area contributed by atoms with Gasteiger partial charge < -0.3 is 0 Å². The van der Waals surface area contributed by atoms with Gasteiger partial charge in [0.15, 0.2) is 0 Å². The van der Waals surface area contributed by atoms with Crippen molar-refractivity contribution in [3.8, 4) is 11.1 Å². The molecule has 7 rings (SSSR count). The first-order valence-electron chi connectivity index (χ1n) is 17.3. The second kappa shape index (κ2) is 9.11.